The second kappa shape index (κ2) is 6.43. The molecule has 88 valence electrons. The highest BCUT2D eigenvalue weighted by Crippen LogP contribution is 2.18. The van der Waals surface area contributed by atoms with Crippen molar-refractivity contribution < 1.29 is 4.79 Å². The zero-order valence-corrected chi connectivity index (χ0v) is 10.1. The topological polar surface area (TPSA) is 56.0 Å². The summed E-state index contributed by atoms with van der Waals surface area (Å²) >= 11 is 0. The monoisotopic (exact) mass is 228 g/mol. The second-order valence-corrected chi connectivity index (χ2v) is 3.16. The fourth-order valence-electron chi connectivity index (χ4n) is 1.38. The largest absolute Gasteiger partial charge is 0.364 e. The van der Waals surface area contributed by atoms with E-state index in [9.17, 15) is 4.79 Å². The number of hydrogen-bond acceptors (Lipinski definition) is 2. The maximum atomic E-state index is 10.9. The van der Waals surface area contributed by atoms with Crippen molar-refractivity contribution in [1.82, 2.24) is 4.98 Å². The van der Waals surface area contributed by atoms with Crippen LogP contribution in [0.5, 0.6) is 0 Å². The normalized spacial score (nSPS) is 9.06. The van der Waals surface area contributed by atoms with Crippen LogP contribution in [0.3, 0.4) is 0 Å². The maximum Gasteiger partial charge on any atom is 0.267 e. The van der Waals surface area contributed by atoms with Gasteiger partial charge in [-0.3, -0.25) is 9.78 Å². The summed E-state index contributed by atoms with van der Waals surface area (Å²) in [4.78, 5) is 14.8. The Morgan fingerprint density at radius 3 is 2.29 bits per heavy atom. The second-order valence-electron chi connectivity index (χ2n) is 3.16. The Hall–Kier alpha value is -2.16. The Labute approximate surface area is 101 Å². The molecule has 0 aliphatic heterocycles. The van der Waals surface area contributed by atoms with E-state index in [1.807, 2.05) is 50.2 Å². The summed E-state index contributed by atoms with van der Waals surface area (Å²) in [5, 5.41) is 0. The van der Waals surface area contributed by atoms with Gasteiger partial charge < -0.3 is 5.73 Å². The van der Waals surface area contributed by atoms with Crippen molar-refractivity contribution in [2.45, 2.75) is 13.8 Å². The fraction of sp³-hybridized carbons (Fsp3) is 0.143. The average molecular weight is 228 g/mol. The summed E-state index contributed by atoms with van der Waals surface area (Å²) < 4.78 is 0. The van der Waals surface area contributed by atoms with Crippen LogP contribution in [0.2, 0.25) is 0 Å². The standard InChI is InChI=1S/C12H10N2O.C2H6/c13-12(15)11-8-10(6-7-14-11)9-4-2-1-3-5-9;1-2/h1-8H,(H2,13,15);1-2H3. The molecule has 0 saturated heterocycles. The lowest BCUT2D eigenvalue weighted by Crippen LogP contribution is -2.12. The summed E-state index contributed by atoms with van der Waals surface area (Å²) in [5.74, 6) is -0.507. The molecule has 0 saturated carbocycles. The first-order chi connectivity index (χ1) is 8.27. The lowest BCUT2D eigenvalue weighted by molar-refractivity contribution is 0.0995. The fourth-order valence-corrected chi connectivity index (χ4v) is 1.38. The molecule has 0 atom stereocenters. The van der Waals surface area contributed by atoms with E-state index in [1.165, 1.54) is 0 Å². The molecule has 2 aromatic rings. The van der Waals surface area contributed by atoms with Gasteiger partial charge in [0.2, 0.25) is 0 Å². The smallest absolute Gasteiger partial charge is 0.267 e. The van der Waals surface area contributed by atoms with Gasteiger partial charge >= 0.3 is 0 Å². The van der Waals surface area contributed by atoms with Gasteiger partial charge in [0.05, 0.1) is 0 Å². The zero-order valence-electron chi connectivity index (χ0n) is 10.1. The minimum atomic E-state index is -0.507. The molecule has 0 unspecified atom stereocenters. The van der Waals surface area contributed by atoms with Crippen LogP contribution >= 0.6 is 0 Å². The first kappa shape index (κ1) is 12.9. The van der Waals surface area contributed by atoms with E-state index in [1.54, 1.807) is 12.3 Å². The summed E-state index contributed by atoms with van der Waals surface area (Å²) in [5.41, 5.74) is 7.44. The highest BCUT2D eigenvalue weighted by Gasteiger charge is 2.03. The molecule has 2 rings (SSSR count). The summed E-state index contributed by atoms with van der Waals surface area (Å²) in [6, 6.07) is 13.3. The van der Waals surface area contributed by atoms with Crippen LogP contribution in [0.1, 0.15) is 24.3 Å². The third kappa shape index (κ3) is 3.41. The lowest BCUT2D eigenvalue weighted by Gasteiger charge is -2.01. The van der Waals surface area contributed by atoms with Crippen LogP contribution in [-0.2, 0) is 0 Å². The van der Waals surface area contributed by atoms with Gasteiger partial charge in [-0.2, -0.15) is 0 Å². The SMILES string of the molecule is CC.NC(=O)c1cc(-c2ccccc2)ccn1. The molecule has 1 aromatic heterocycles. The molecule has 1 aromatic carbocycles. The molecule has 0 spiro atoms. The van der Waals surface area contributed by atoms with Gasteiger partial charge in [-0.15, -0.1) is 0 Å². The van der Waals surface area contributed by atoms with Gasteiger partial charge in [0.25, 0.3) is 5.91 Å². The Bertz CT molecular complexity index is 481. The molecule has 3 nitrogen and oxygen atoms in total. The number of nitrogens with zero attached hydrogens (tertiary/aromatic N) is 1. The molecular weight excluding hydrogens is 212 g/mol. The molecule has 1 heterocycles. The van der Waals surface area contributed by atoms with Gasteiger partial charge in [-0.05, 0) is 23.3 Å². The quantitative estimate of drug-likeness (QED) is 0.859. The van der Waals surface area contributed by atoms with Crippen LogP contribution < -0.4 is 5.73 Å². The Kier molecular flexibility index (Phi) is 4.88. The molecule has 17 heavy (non-hydrogen) atoms. The summed E-state index contributed by atoms with van der Waals surface area (Å²) in [6.45, 7) is 4.00. The molecular formula is C14H16N2O. The number of pyridine rings is 1. The third-order valence-corrected chi connectivity index (χ3v) is 2.12. The van der Waals surface area contributed by atoms with Crippen molar-refractivity contribution in [2.24, 2.45) is 5.73 Å². The van der Waals surface area contributed by atoms with Crippen molar-refractivity contribution in [3.8, 4) is 11.1 Å². The first-order valence-corrected chi connectivity index (χ1v) is 5.58. The van der Waals surface area contributed by atoms with Crippen LogP contribution in [0, 0.1) is 0 Å². The number of nitrogens with two attached hydrogens (primary N) is 1. The van der Waals surface area contributed by atoms with E-state index in [0.717, 1.165) is 11.1 Å². The minimum Gasteiger partial charge on any atom is -0.364 e. The molecule has 0 aliphatic rings. The predicted molar refractivity (Wildman–Crippen MR) is 69.5 cm³/mol. The van der Waals surface area contributed by atoms with Crippen molar-refractivity contribution >= 4 is 5.91 Å². The van der Waals surface area contributed by atoms with Crippen LogP contribution in [0.25, 0.3) is 11.1 Å². The molecule has 1 amide bonds. The van der Waals surface area contributed by atoms with E-state index < -0.39 is 5.91 Å². The molecule has 2 N–H and O–H groups in total. The summed E-state index contributed by atoms with van der Waals surface area (Å²) in [6.07, 6.45) is 1.59. The first-order valence-electron chi connectivity index (χ1n) is 5.58. The average Bonchev–Trinajstić information content (AvgIpc) is 2.42. The predicted octanol–water partition coefficient (Wildman–Crippen LogP) is 2.87. The minimum absolute atomic E-state index is 0.288. The van der Waals surface area contributed by atoms with E-state index in [-0.39, 0.29) is 5.69 Å². The molecule has 3 heteroatoms. The van der Waals surface area contributed by atoms with Gasteiger partial charge in [0.1, 0.15) is 5.69 Å². The van der Waals surface area contributed by atoms with Crippen molar-refractivity contribution in [3.05, 3.63) is 54.4 Å². The third-order valence-electron chi connectivity index (χ3n) is 2.12. The van der Waals surface area contributed by atoms with E-state index in [2.05, 4.69) is 4.98 Å². The number of aromatic nitrogens is 1. The Morgan fingerprint density at radius 1 is 1.06 bits per heavy atom. The molecule has 0 bridgehead atoms. The molecule has 0 radical (unpaired) electrons. The highest BCUT2D eigenvalue weighted by molar-refractivity contribution is 5.92. The summed E-state index contributed by atoms with van der Waals surface area (Å²) in [7, 11) is 0. The molecule has 0 aliphatic carbocycles. The van der Waals surface area contributed by atoms with Gasteiger partial charge in [0, 0.05) is 6.20 Å². The number of carbonyl (C=O) groups excluding carboxylic acids is 1. The van der Waals surface area contributed by atoms with E-state index in [0.29, 0.717) is 0 Å². The Balaban J connectivity index is 0.000000686. The number of rotatable bonds is 2. The van der Waals surface area contributed by atoms with Gasteiger partial charge in [0.15, 0.2) is 0 Å². The van der Waals surface area contributed by atoms with E-state index in [4.69, 9.17) is 5.73 Å². The maximum absolute atomic E-state index is 10.9. The van der Waals surface area contributed by atoms with Crippen LogP contribution in [0.15, 0.2) is 48.7 Å². The van der Waals surface area contributed by atoms with Crippen LogP contribution in [-0.4, -0.2) is 10.9 Å². The van der Waals surface area contributed by atoms with Crippen molar-refractivity contribution in [3.63, 3.8) is 0 Å². The van der Waals surface area contributed by atoms with E-state index >= 15 is 0 Å². The van der Waals surface area contributed by atoms with Crippen molar-refractivity contribution in [1.29, 1.82) is 0 Å². The highest BCUT2D eigenvalue weighted by atomic mass is 16.1. The van der Waals surface area contributed by atoms with Gasteiger partial charge in [-0.25, -0.2) is 0 Å². The van der Waals surface area contributed by atoms with Crippen LogP contribution in [0.4, 0.5) is 0 Å². The number of hydrogen-bond donors (Lipinski definition) is 1. The Morgan fingerprint density at radius 2 is 1.71 bits per heavy atom. The lowest BCUT2D eigenvalue weighted by atomic mass is 10.1. The number of benzene rings is 1. The number of amides is 1. The number of carbonyl (C=O) groups is 1. The van der Waals surface area contributed by atoms with Crippen molar-refractivity contribution in [2.75, 3.05) is 0 Å². The molecule has 0 fully saturated rings. The number of primary amides is 1. The van der Waals surface area contributed by atoms with Gasteiger partial charge in [-0.1, -0.05) is 44.2 Å². The zero-order chi connectivity index (χ0) is 12.7.